The molecular weight excluding hydrogens is 466 g/mol. The molecule has 0 saturated carbocycles. The van der Waals surface area contributed by atoms with Crippen LogP contribution in [-0.2, 0) is 37.7 Å². The van der Waals surface area contributed by atoms with Crippen molar-refractivity contribution in [3.05, 3.63) is 48.0 Å². The highest BCUT2D eigenvalue weighted by Crippen LogP contribution is 2.31. The number of hydrogen-bond donors (Lipinski definition) is 1. The molecule has 4 rings (SSSR count). The molecule has 1 fully saturated rings. The molecule has 3 aromatic rings. The molecule has 8 nitrogen and oxygen atoms in total. The number of sulfone groups is 1. The van der Waals surface area contributed by atoms with Gasteiger partial charge in [0.05, 0.1) is 20.8 Å². The van der Waals surface area contributed by atoms with E-state index in [0.29, 0.717) is 36.6 Å². The highest BCUT2D eigenvalue weighted by atomic mass is 32.2. The third-order valence-electron chi connectivity index (χ3n) is 6.56. The minimum Gasteiger partial charge on any atom is -0.385 e. The average molecular weight is 503 g/mol. The van der Waals surface area contributed by atoms with E-state index in [1.807, 2.05) is 6.07 Å². The fourth-order valence-electron chi connectivity index (χ4n) is 4.63. The molecule has 9 heteroatoms. The highest BCUT2D eigenvalue weighted by Gasteiger charge is 2.27. The molecule has 0 radical (unpaired) electrons. The van der Waals surface area contributed by atoms with Gasteiger partial charge in [0.2, 0.25) is 21.7 Å². The zero-order chi connectivity index (χ0) is 25.2. The topological polar surface area (TPSA) is 94.5 Å². The molecule has 1 saturated heterocycles. The summed E-state index contributed by atoms with van der Waals surface area (Å²) in [6, 6.07) is 8.16. The normalized spacial score (nSPS) is 15.7. The van der Waals surface area contributed by atoms with Crippen LogP contribution in [-0.4, -0.2) is 50.1 Å². The van der Waals surface area contributed by atoms with Crippen LogP contribution < -0.4 is 4.73 Å². The summed E-state index contributed by atoms with van der Waals surface area (Å²) in [4.78, 5) is 5.25. The van der Waals surface area contributed by atoms with Gasteiger partial charge in [0.15, 0.2) is 0 Å². The Morgan fingerprint density at radius 3 is 2.57 bits per heavy atom. The highest BCUT2D eigenvalue weighted by molar-refractivity contribution is 7.91. The summed E-state index contributed by atoms with van der Waals surface area (Å²) in [5.74, 6) is 1.46. The number of ether oxygens (including phenoxy) is 2. The van der Waals surface area contributed by atoms with Gasteiger partial charge in [0.25, 0.3) is 0 Å². The Morgan fingerprint density at radius 2 is 1.89 bits per heavy atom. The first-order valence-electron chi connectivity index (χ1n) is 12.2. The third kappa shape index (κ3) is 5.52. The van der Waals surface area contributed by atoms with Crippen molar-refractivity contribution in [3.63, 3.8) is 0 Å². The summed E-state index contributed by atoms with van der Waals surface area (Å²) < 4.78 is 40.8. The maximum atomic E-state index is 13.5. The van der Waals surface area contributed by atoms with Crippen LogP contribution in [0.4, 0.5) is 0 Å². The van der Waals surface area contributed by atoms with Crippen molar-refractivity contribution in [2.24, 2.45) is 5.92 Å². The van der Waals surface area contributed by atoms with E-state index < -0.39 is 9.84 Å². The maximum Gasteiger partial charge on any atom is 0.235 e. The van der Waals surface area contributed by atoms with Gasteiger partial charge in [-0.05, 0) is 43.4 Å². The van der Waals surface area contributed by atoms with Crippen LogP contribution in [0.1, 0.15) is 51.6 Å². The first-order valence-corrected chi connectivity index (χ1v) is 13.7. The Balaban J connectivity index is 1.72. The first kappa shape index (κ1) is 25.6. The summed E-state index contributed by atoms with van der Waals surface area (Å²) in [6.07, 6.45) is 4.57. The van der Waals surface area contributed by atoms with Gasteiger partial charge in [0, 0.05) is 62.2 Å². The Morgan fingerprint density at radius 1 is 1.17 bits per heavy atom. The molecule has 2 aromatic heterocycles. The van der Waals surface area contributed by atoms with Crippen molar-refractivity contribution in [1.29, 1.82) is 0 Å². The van der Waals surface area contributed by atoms with Crippen molar-refractivity contribution in [1.82, 2.24) is 9.55 Å². The van der Waals surface area contributed by atoms with Gasteiger partial charge in [0.1, 0.15) is 5.82 Å². The summed E-state index contributed by atoms with van der Waals surface area (Å²) in [7, 11) is -2.18. The second-order valence-corrected chi connectivity index (χ2v) is 12.3. The lowest BCUT2D eigenvalue weighted by molar-refractivity contribution is -0.909. The summed E-state index contributed by atoms with van der Waals surface area (Å²) in [5, 5.41) is 10.1. The molecule has 0 aliphatic carbocycles. The van der Waals surface area contributed by atoms with Crippen LogP contribution in [0.3, 0.4) is 0 Å². The lowest BCUT2D eigenvalue weighted by Crippen LogP contribution is -2.35. The van der Waals surface area contributed by atoms with Crippen molar-refractivity contribution in [2.45, 2.75) is 68.2 Å². The second-order valence-electron chi connectivity index (χ2n) is 10.3. The summed E-state index contributed by atoms with van der Waals surface area (Å²) in [5.41, 5.74) is 1.95. The maximum absolute atomic E-state index is 13.5. The Bertz CT molecular complexity index is 1290. The number of rotatable bonds is 8. The Hall–Kier alpha value is -2.49. The van der Waals surface area contributed by atoms with Crippen LogP contribution in [0.15, 0.2) is 46.3 Å². The summed E-state index contributed by atoms with van der Waals surface area (Å²) in [6.45, 7) is 9.33. The predicted molar refractivity (Wildman–Crippen MR) is 131 cm³/mol. The lowest BCUT2D eigenvalue weighted by atomic mass is 9.94. The molecule has 0 atom stereocenters. The fourth-order valence-corrected chi connectivity index (χ4v) is 5.94. The van der Waals surface area contributed by atoms with Crippen molar-refractivity contribution in [2.75, 3.05) is 26.9 Å². The number of aryl methyl sites for hydroxylation is 1. The molecule has 0 amide bonds. The number of pyridine rings is 1. The number of benzene rings is 1. The zero-order valence-corrected chi connectivity index (χ0v) is 21.8. The van der Waals surface area contributed by atoms with Gasteiger partial charge in [-0.2, -0.15) is 0 Å². The molecular formula is C26H36N3O5S+. The van der Waals surface area contributed by atoms with Crippen LogP contribution in [0.2, 0.25) is 0 Å². The smallest absolute Gasteiger partial charge is 0.235 e. The minimum absolute atomic E-state index is 0.146. The van der Waals surface area contributed by atoms with Gasteiger partial charge in [-0.25, -0.2) is 13.4 Å². The SMILES string of the molecule is COCCCc1cc(S(=O)(=O)c2ccc3c(c2)nc(C(C)(C)C)n3CC2CCOCC2)cc[n+]1O. The lowest BCUT2D eigenvalue weighted by Gasteiger charge is -2.26. The molecule has 190 valence electrons. The first-order chi connectivity index (χ1) is 16.6. The Labute approximate surface area is 207 Å². The largest absolute Gasteiger partial charge is 0.385 e. The molecule has 1 aliphatic heterocycles. The van der Waals surface area contributed by atoms with E-state index in [-0.39, 0.29) is 15.2 Å². The number of aromatic nitrogens is 3. The van der Waals surface area contributed by atoms with E-state index in [2.05, 4.69) is 25.3 Å². The quantitative estimate of drug-likeness (QED) is 0.287. The van der Waals surface area contributed by atoms with Crippen LogP contribution >= 0.6 is 0 Å². The monoisotopic (exact) mass is 502 g/mol. The van der Waals surface area contributed by atoms with E-state index in [1.165, 1.54) is 18.3 Å². The minimum atomic E-state index is -3.79. The predicted octanol–water partition coefficient (Wildman–Crippen LogP) is 3.70. The van der Waals surface area contributed by atoms with E-state index in [9.17, 15) is 13.6 Å². The number of hydrogen-bond acceptors (Lipinski definition) is 6. The standard InChI is InChI=1S/C26H36N3O5S/c1-26(2,3)25-27-23-17-21(7-8-24(23)28(25)18-19-10-14-34-15-11-19)35(31,32)22-9-12-29(30)20(16-22)6-5-13-33-4/h7-9,12,16-17,19,30H,5-6,10-11,13-15,18H2,1-4H3/q+1. The van der Waals surface area contributed by atoms with Crippen LogP contribution in [0.5, 0.6) is 0 Å². The number of methoxy groups -OCH3 is 1. The molecule has 1 aliphatic rings. The second kappa shape index (κ2) is 10.2. The molecule has 0 spiro atoms. The van der Waals surface area contributed by atoms with Gasteiger partial charge in [-0.1, -0.05) is 20.8 Å². The molecule has 3 heterocycles. The molecule has 1 aromatic carbocycles. The van der Waals surface area contributed by atoms with Crippen molar-refractivity contribution < 1.29 is 27.8 Å². The molecule has 0 unspecified atom stereocenters. The van der Waals surface area contributed by atoms with E-state index in [0.717, 1.165) is 48.7 Å². The van der Waals surface area contributed by atoms with E-state index in [4.69, 9.17) is 14.5 Å². The van der Waals surface area contributed by atoms with Gasteiger partial charge in [-0.3, -0.25) is 5.21 Å². The molecule has 0 bridgehead atoms. The summed E-state index contributed by atoms with van der Waals surface area (Å²) >= 11 is 0. The third-order valence-corrected chi connectivity index (χ3v) is 8.31. The van der Waals surface area contributed by atoms with Crippen LogP contribution in [0.25, 0.3) is 11.0 Å². The number of fused-ring (bicyclic) bond motifs is 1. The van der Waals surface area contributed by atoms with Crippen molar-refractivity contribution >= 4 is 20.9 Å². The van der Waals surface area contributed by atoms with E-state index >= 15 is 0 Å². The van der Waals surface area contributed by atoms with Gasteiger partial charge < -0.3 is 14.0 Å². The average Bonchev–Trinajstić information content (AvgIpc) is 3.19. The van der Waals surface area contributed by atoms with Crippen molar-refractivity contribution in [3.8, 4) is 0 Å². The van der Waals surface area contributed by atoms with E-state index in [1.54, 1.807) is 19.2 Å². The zero-order valence-electron chi connectivity index (χ0n) is 21.0. The fraction of sp³-hybridized carbons (Fsp3) is 0.538. The van der Waals surface area contributed by atoms with Gasteiger partial charge in [-0.15, -0.1) is 0 Å². The van der Waals surface area contributed by atoms with Crippen LogP contribution in [0, 0.1) is 5.92 Å². The number of nitrogens with zero attached hydrogens (tertiary/aromatic N) is 3. The number of imidazole rings is 1. The molecule has 1 N–H and O–H groups in total. The Kier molecular flexibility index (Phi) is 7.49. The van der Waals surface area contributed by atoms with Gasteiger partial charge >= 0.3 is 0 Å². The molecule has 35 heavy (non-hydrogen) atoms.